The molecule has 1 heterocycles. The molecule has 0 aliphatic carbocycles. The molecule has 0 amide bonds. The fraction of sp³-hybridized carbons (Fsp3) is 0.117. The lowest BCUT2D eigenvalue weighted by Gasteiger charge is -2.38. The van der Waals surface area contributed by atoms with E-state index >= 15 is 52.7 Å². The minimum atomic E-state index is -5.94. The van der Waals surface area contributed by atoms with Gasteiger partial charge in [-0.15, -0.1) is 0 Å². The number of imidazole rings is 1. The molecular formula is C103H72F12N2O13S2. The summed E-state index contributed by atoms with van der Waals surface area (Å²) in [6, 6.07) is 70.5. The third-order valence-electron chi connectivity index (χ3n) is 22.5. The van der Waals surface area contributed by atoms with Crippen LogP contribution in [0.15, 0.2) is 361 Å². The summed E-state index contributed by atoms with van der Waals surface area (Å²) >= 11 is 0. The molecule has 15 nitrogen and oxygen atoms in total. The van der Waals surface area contributed by atoms with Crippen LogP contribution in [-0.4, -0.2) is 85.4 Å². The van der Waals surface area contributed by atoms with E-state index in [0.29, 0.717) is 118 Å². The maximum absolute atomic E-state index is 15.3. The minimum absolute atomic E-state index is 0.000914. The number of alkyl halides is 12. The number of ether oxygens (including phenoxy) is 4. The molecule has 0 aliphatic rings. The maximum atomic E-state index is 15.3. The zero-order chi connectivity index (χ0) is 93.9. The van der Waals surface area contributed by atoms with Crippen LogP contribution in [0, 0.1) is 13.8 Å². The summed E-state index contributed by atoms with van der Waals surface area (Å²) in [5.74, 6) is -1.85. The second kappa shape index (κ2) is 37.0. The van der Waals surface area contributed by atoms with Gasteiger partial charge in [-0.2, -0.15) is 61.1 Å². The van der Waals surface area contributed by atoms with Crippen LogP contribution in [0.1, 0.15) is 115 Å². The van der Waals surface area contributed by atoms with Crippen molar-refractivity contribution in [3.8, 4) is 68.2 Å². The Morgan fingerprint density at radius 3 is 1.16 bits per heavy atom. The van der Waals surface area contributed by atoms with Gasteiger partial charge in [0.25, 0.3) is 10.1 Å². The highest BCUT2D eigenvalue weighted by molar-refractivity contribution is 7.91. The van der Waals surface area contributed by atoms with Crippen LogP contribution in [0.4, 0.5) is 52.7 Å². The van der Waals surface area contributed by atoms with Crippen LogP contribution in [0.3, 0.4) is 0 Å². The molecule has 0 saturated carbocycles. The predicted molar refractivity (Wildman–Crippen MR) is 468 cm³/mol. The fourth-order valence-corrected chi connectivity index (χ4v) is 17.3. The van der Waals surface area contributed by atoms with Gasteiger partial charge in [-0.1, -0.05) is 151 Å². The Morgan fingerprint density at radius 1 is 0.356 bits per heavy atom. The maximum Gasteiger partial charge on any atom is 0.411 e. The molecule has 0 bridgehead atoms. The molecule has 0 unspecified atom stereocenters. The lowest BCUT2D eigenvalue weighted by Crippen LogP contribution is -2.54. The highest BCUT2D eigenvalue weighted by atomic mass is 32.2. The van der Waals surface area contributed by atoms with E-state index in [4.69, 9.17) is 18.9 Å². The molecule has 14 aromatic carbocycles. The highest BCUT2D eigenvalue weighted by Gasteiger charge is 2.74. The molecule has 0 aliphatic heterocycles. The van der Waals surface area contributed by atoms with Crippen molar-refractivity contribution in [1.82, 2.24) is 9.55 Å². The summed E-state index contributed by atoms with van der Waals surface area (Å²) in [6.07, 6.45) is -17.6. The smallest absolute Gasteiger partial charge is 0.411 e. The number of ketones is 4. The van der Waals surface area contributed by atoms with Gasteiger partial charge in [0.1, 0.15) is 40.2 Å². The first-order valence-electron chi connectivity index (χ1n) is 40.5. The molecular weight excluding hydrogens is 1770 g/mol. The van der Waals surface area contributed by atoms with E-state index in [2.05, 4.69) is 4.98 Å². The molecule has 1 aromatic heterocycles. The lowest BCUT2D eigenvalue weighted by atomic mass is 9.73. The average molecular weight is 1840 g/mol. The summed E-state index contributed by atoms with van der Waals surface area (Å²) in [7, 11) is -8.81. The monoisotopic (exact) mass is 1840 g/mol. The molecule has 0 fully saturated rings. The van der Waals surface area contributed by atoms with Crippen molar-refractivity contribution in [3.05, 3.63) is 430 Å². The van der Waals surface area contributed by atoms with E-state index in [1.54, 1.807) is 152 Å². The number of halogens is 12. The molecule has 29 heteroatoms. The summed E-state index contributed by atoms with van der Waals surface area (Å²) in [6.45, 7) is 3.55. The Hall–Kier alpha value is -14.8. The number of rotatable bonds is 30. The number of hydrogen-bond acceptors (Lipinski definition) is 13. The van der Waals surface area contributed by atoms with Gasteiger partial charge in [0.15, 0.2) is 23.1 Å². The topological polar surface area (TPSA) is 212 Å². The van der Waals surface area contributed by atoms with Crippen LogP contribution >= 0.6 is 0 Å². The first kappa shape index (κ1) is 91.9. The van der Waals surface area contributed by atoms with Crippen LogP contribution < -0.4 is 18.9 Å². The van der Waals surface area contributed by atoms with E-state index in [1.165, 1.54) is 97.1 Å². The predicted octanol–water partition coefficient (Wildman–Crippen LogP) is 25.4. The van der Waals surface area contributed by atoms with Gasteiger partial charge in [0, 0.05) is 62.6 Å². The van der Waals surface area contributed by atoms with Crippen molar-refractivity contribution in [2.45, 2.75) is 83.3 Å². The first-order chi connectivity index (χ1) is 62.8. The molecule has 0 saturated heterocycles. The second-order valence-corrected chi connectivity index (χ2v) is 34.3. The van der Waals surface area contributed by atoms with Crippen LogP contribution in [-0.2, 0) is 37.2 Å². The van der Waals surface area contributed by atoms with Crippen LogP contribution in [0.2, 0.25) is 0 Å². The van der Waals surface area contributed by atoms with Gasteiger partial charge in [-0.05, 0) is 271 Å². The van der Waals surface area contributed by atoms with Gasteiger partial charge >= 0.3 is 24.7 Å². The molecule has 1 N–H and O–H groups in total. The number of unbranched alkanes of at least 4 members (excludes halogenated alkanes) is 1. The number of carbonyl (C=O) groups is 4. The van der Waals surface area contributed by atoms with Gasteiger partial charge < -0.3 is 23.5 Å². The Balaban J connectivity index is 0.542. The molecule has 0 spiro atoms. The fourth-order valence-electron chi connectivity index (χ4n) is 15.5. The molecule has 0 radical (unpaired) electrons. The van der Waals surface area contributed by atoms with Crippen molar-refractivity contribution in [3.63, 3.8) is 0 Å². The third kappa shape index (κ3) is 19.1. The summed E-state index contributed by atoms with van der Waals surface area (Å²) in [5.41, 5.74) is -6.70. The van der Waals surface area contributed by atoms with Gasteiger partial charge in [0.05, 0.1) is 27.6 Å². The van der Waals surface area contributed by atoms with Crippen molar-refractivity contribution >= 4 is 43.1 Å². The quantitative estimate of drug-likeness (QED) is 0.0192. The van der Waals surface area contributed by atoms with Crippen LogP contribution in [0.25, 0.3) is 27.9 Å². The van der Waals surface area contributed by atoms with Crippen molar-refractivity contribution in [2.24, 2.45) is 0 Å². The zero-order valence-corrected chi connectivity index (χ0v) is 71.0. The van der Waals surface area contributed by atoms with E-state index < -0.39 is 94.2 Å². The van der Waals surface area contributed by atoms with E-state index in [-0.39, 0.29) is 96.0 Å². The van der Waals surface area contributed by atoms with Crippen molar-refractivity contribution in [1.29, 1.82) is 0 Å². The molecule has 132 heavy (non-hydrogen) atoms. The largest absolute Gasteiger partial charge is 0.494 e. The SMILES string of the molecule is Cc1ccc(C(=O)c2ccc(Oc3ccc(C(c4ccc(Oc5ccc(S(=O)(=O)c6ccc(CCCCOc7ccc(C(c8ccc(Oc9ccc(C(=O)c%10ccc(-c%11ccc(-c%12ccc(C)c(C(=O)c%13cccc(S(=O)(=O)O)c%13)c%12)c(C(=O)c%12ccc(-n%13ccnc%13)cc%12)c%11)cc%10)cc9)cc8)(C(F)(F)F)C(F)(F)F)cc7)cc6)cc5)cc4)(C(F)(F)F)C(F)(F)F)cc3)cc2)cc1. The number of benzene rings is 14. The van der Waals surface area contributed by atoms with E-state index in [9.17, 15) is 40.6 Å². The van der Waals surface area contributed by atoms with Crippen molar-refractivity contribution in [2.75, 3.05) is 6.61 Å². The second-order valence-electron chi connectivity index (χ2n) is 30.9. The highest BCUT2D eigenvalue weighted by Crippen LogP contribution is 2.59. The van der Waals surface area contributed by atoms with Crippen molar-refractivity contribution < 1.29 is 112 Å². The number of carbonyl (C=O) groups excluding carboxylic acids is 4. The molecule has 15 rings (SSSR count). The summed E-state index contributed by atoms with van der Waals surface area (Å²) in [5, 5.41) is 0. The Bertz CT molecular complexity index is 6980. The zero-order valence-electron chi connectivity index (χ0n) is 69.3. The van der Waals surface area contributed by atoms with Gasteiger partial charge in [0.2, 0.25) is 20.7 Å². The first-order valence-corrected chi connectivity index (χ1v) is 43.5. The van der Waals surface area contributed by atoms with E-state index in [0.717, 1.165) is 71.9 Å². The number of aromatic nitrogens is 2. The van der Waals surface area contributed by atoms with Gasteiger partial charge in [-0.3, -0.25) is 23.7 Å². The summed E-state index contributed by atoms with van der Waals surface area (Å²) < 4.78 is 269. The number of aryl methyl sites for hydroxylation is 3. The average Bonchev–Trinajstić information content (AvgIpc) is 0.918. The molecule has 668 valence electrons. The molecule has 0 atom stereocenters. The Labute approximate surface area is 748 Å². The number of hydrogen-bond donors (Lipinski definition) is 1. The lowest BCUT2D eigenvalue weighted by molar-refractivity contribution is -0.290. The number of nitrogens with zero attached hydrogens (tertiary/aromatic N) is 2. The van der Waals surface area contributed by atoms with E-state index in [1.807, 2.05) is 6.92 Å². The molecule has 15 aromatic rings. The standard InChI is InChI=1S/C103H72F12N2O13S2/c1-64-9-14-68(15-10-64)94(118)70-23-38-82(39-24-70)128-85-46-32-78(33-47-85)99(102(110,111)112,103(113,114)115)79-34-48-86(49-35-79)130-87-50-54-89(55-51-87)131(122,123)88-52-12-66(13-53-88)6-3-4-59-127-81-42-28-76(29-43-81)98(100(104,105)106,101(107,108)109)77-30-44-84(45-31-77)129-83-40-25-71(26-41-83)95(119)69-19-17-67(18-20-69)73-27-56-91(93(61-73)96(120)72-21-36-80(37-22-72)117-58-57-116-63-117)74-16-11-65(2)92(62-74)97(121)75-7-5-8-90(60-75)132(124,125)126/h5,7-58,60-63H,3-4,6,59H2,1-2H3,(H,124,125,126). The third-order valence-corrected chi connectivity index (χ3v) is 25.1. The summed E-state index contributed by atoms with van der Waals surface area (Å²) in [4.78, 5) is 58.9. The number of sulfone groups is 1. The van der Waals surface area contributed by atoms with Gasteiger partial charge in [-0.25, -0.2) is 13.4 Å². The van der Waals surface area contributed by atoms with Crippen LogP contribution in [0.5, 0.6) is 40.2 Å². The Morgan fingerprint density at radius 2 is 0.727 bits per heavy atom. The normalized spacial score (nSPS) is 12.3. The minimum Gasteiger partial charge on any atom is -0.494 e. The Kier molecular flexibility index (Phi) is 25.8.